The molecular weight excluding hydrogens is 230 g/mol. The second-order valence-electron chi connectivity index (χ2n) is 4.22. The van der Waals surface area contributed by atoms with E-state index in [1.54, 1.807) is 31.2 Å². The van der Waals surface area contributed by atoms with Gasteiger partial charge >= 0.3 is 5.97 Å². The zero-order chi connectivity index (χ0) is 13.5. The number of nitrogens with one attached hydrogen (secondary N) is 1. The Kier molecular flexibility index (Phi) is 5.65. The summed E-state index contributed by atoms with van der Waals surface area (Å²) in [6, 6.07) is 6.36. The van der Waals surface area contributed by atoms with Crippen LogP contribution in [0.2, 0.25) is 0 Å². The predicted octanol–water partition coefficient (Wildman–Crippen LogP) is 2.38. The quantitative estimate of drug-likeness (QED) is 0.762. The van der Waals surface area contributed by atoms with E-state index in [1.165, 1.54) is 0 Å². The van der Waals surface area contributed by atoms with Gasteiger partial charge in [0.15, 0.2) is 0 Å². The molecule has 0 aliphatic rings. The number of benzene rings is 1. The van der Waals surface area contributed by atoms with Crippen molar-refractivity contribution in [1.82, 2.24) is 5.32 Å². The third-order valence-electron chi connectivity index (χ3n) is 2.83. The molecule has 0 radical (unpaired) electrons. The number of phenols is 1. The number of rotatable bonds is 6. The molecule has 0 fully saturated rings. The van der Waals surface area contributed by atoms with Crippen LogP contribution < -0.4 is 5.32 Å². The van der Waals surface area contributed by atoms with Crippen molar-refractivity contribution in [2.24, 2.45) is 0 Å². The predicted molar refractivity (Wildman–Crippen MR) is 70.4 cm³/mol. The number of carbonyl (C=O) groups is 1. The maximum atomic E-state index is 12.0. The van der Waals surface area contributed by atoms with Gasteiger partial charge in [-0.2, -0.15) is 0 Å². The molecule has 4 nitrogen and oxygen atoms in total. The van der Waals surface area contributed by atoms with E-state index in [4.69, 9.17) is 4.74 Å². The van der Waals surface area contributed by atoms with Crippen LogP contribution in [0.3, 0.4) is 0 Å². The molecule has 1 aromatic carbocycles. The smallest absolute Gasteiger partial charge is 0.327 e. The highest BCUT2D eigenvalue weighted by atomic mass is 16.5. The Labute approximate surface area is 108 Å². The van der Waals surface area contributed by atoms with E-state index in [-0.39, 0.29) is 17.8 Å². The molecule has 0 aliphatic carbocycles. The lowest BCUT2D eigenvalue weighted by atomic mass is 10.0. The van der Waals surface area contributed by atoms with E-state index >= 15 is 0 Å². The molecule has 4 heteroatoms. The van der Waals surface area contributed by atoms with E-state index in [1.807, 2.05) is 13.8 Å². The van der Waals surface area contributed by atoms with Crippen molar-refractivity contribution >= 4 is 5.97 Å². The molecule has 0 bridgehead atoms. The third-order valence-corrected chi connectivity index (χ3v) is 2.83. The van der Waals surface area contributed by atoms with Crippen LogP contribution in [0, 0.1) is 0 Å². The molecule has 100 valence electrons. The van der Waals surface area contributed by atoms with Crippen molar-refractivity contribution in [3.05, 3.63) is 29.8 Å². The first kappa shape index (κ1) is 14.5. The third kappa shape index (κ3) is 3.74. The lowest BCUT2D eigenvalue weighted by Gasteiger charge is -2.22. The molecule has 1 aromatic rings. The SMILES string of the molecule is CCOC(=O)C(NC(C)CC)c1ccccc1O. The Bertz CT molecular complexity index is 392. The monoisotopic (exact) mass is 251 g/mol. The summed E-state index contributed by atoms with van der Waals surface area (Å²) in [7, 11) is 0. The van der Waals surface area contributed by atoms with Crippen LogP contribution in [0.5, 0.6) is 5.75 Å². The lowest BCUT2D eigenvalue weighted by molar-refractivity contribution is -0.146. The minimum Gasteiger partial charge on any atom is -0.508 e. The van der Waals surface area contributed by atoms with Crippen LogP contribution in [-0.2, 0) is 9.53 Å². The van der Waals surface area contributed by atoms with Crippen LogP contribution in [0.15, 0.2) is 24.3 Å². The van der Waals surface area contributed by atoms with Crippen molar-refractivity contribution < 1.29 is 14.6 Å². The van der Waals surface area contributed by atoms with Crippen LogP contribution in [0.4, 0.5) is 0 Å². The summed E-state index contributed by atoms with van der Waals surface area (Å²) in [4.78, 5) is 12.0. The molecule has 0 aromatic heterocycles. The van der Waals surface area contributed by atoms with Crippen molar-refractivity contribution in [3.63, 3.8) is 0 Å². The molecular formula is C14H21NO3. The molecule has 0 saturated carbocycles. The van der Waals surface area contributed by atoms with Gasteiger partial charge in [0, 0.05) is 11.6 Å². The van der Waals surface area contributed by atoms with Gasteiger partial charge in [-0.05, 0) is 26.3 Å². The highest BCUT2D eigenvalue weighted by Gasteiger charge is 2.25. The molecule has 0 saturated heterocycles. The highest BCUT2D eigenvalue weighted by Crippen LogP contribution is 2.25. The van der Waals surface area contributed by atoms with E-state index in [0.717, 1.165) is 6.42 Å². The zero-order valence-electron chi connectivity index (χ0n) is 11.1. The Morgan fingerprint density at radius 3 is 2.61 bits per heavy atom. The second-order valence-corrected chi connectivity index (χ2v) is 4.22. The van der Waals surface area contributed by atoms with Gasteiger partial charge in [-0.25, -0.2) is 4.79 Å². The van der Waals surface area contributed by atoms with E-state index < -0.39 is 6.04 Å². The van der Waals surface area contributed by atoms with Crippen molar-refractivity contribution in [2.75, 3.05) is 6.61 Å². The molecule has 2 atom stereocenters. The summed E-state index contributed by atoms with van der Waals surface area (Å²) < 4.78 is 5.05. The van der Waals surface area contributed by atoms with Gasteiger partial charge < -0.3 is 9.84 Å². The van der Waals surface area contributed by atoms with Gasteiger partial charge in [0.25, 0.3) is 0 Å². The normalized spacial score (nSPS) is 13.9. The molecule has 0 heterocycles. The number of ether oxygens (including phenoxy) is 1. The first-order valence-corrected chi connectivity index (χ1v) is 6.30. The number of phenolic OH excluding ortho intramolecular Hbond substituents is 1. The van der Waals surface area contributed by atoms with Crippen molar-refractivity contribution in [1.29, 1.82) is 0 Å². The Morgan fingerprint density at radius 2 is 2.06 bits per heavy atom. The maximum absolute atomic E-state index is 12.0. The number of aromatic hydroxyl groups is 1. The van der Waals surface area contributed by atoms with Gasteiger partial charge in [0.05, 0.1) is 6.61 Å². The highest BCUT2D eigenvalue weighted by molar-refractivity contribution is 5.78. The average Bonchev–Trinajstić information content (AvgIpc) is 2.37. The fourth-order valence-corrected chi connectivity index (χ4v) is 1.64. The largest absolute Gasteiger partial charge is 0.508 e. The fourth-order valence-electron chi connectivity index (χ4n) is 1.64. The van der Waals surface area contributed by atoms with Crippen molar-refractivity contribution in [3.8, 4) is 5.75 Å². The fraction of sp³-hybridized carbons (Fsp3) is 0.500. The number of hydrogen-bond acceptors (Lipinski definition) is 4. The van der Waals surface area contributed by atoms with Crippen LogP contribution in [-0.4, -0.2) is 23.7 Å². The van der Waals surface area contributed by atoms with Gasteiger partial charge in [-0.3, -0.25) is 5.32 Å². The van der Waals surface area contributed by atoms with E-state index in [2.05, 4.69) is 5.32 Å². The minimum atomic E-state index is -0.624. The summed E-state index contributed by atoms with van der Waals surface area (Å²) in [5, 5.41) is 13.0. The van der Waals surface area contributed by atoms with Crippen LogP contribution in [0.1, 0.15) is 38.8 Å². The summed E-state index contributed by atoms with van der Waals surface area (Å²) in [5.74, 6) is -0.259. The zero-order valence-corrected chi connectivity index (χ0v) is 11.1. The summed E-state index contributed by atoms with van der Waals surface area (Å²) in [5.41, 5.74) is 0.552. The Hall–Kier alpha value is -1.55. The number of esters is 1. The van der Waals surface area contributed by atoms with Crippen molar-refractivity contribution in [2.45, 2.75) is 39.3 Å². The summed E-state index contributed by atoms with van der Waals surface area (Å²) in [6.45, 7) is 6.12. The Balaban J connectivity index is 2.96. The van der Waals surface area contributed by atoms with Gasteiger partial charge in [-0.15, -0.1) is 0 Å². The summed E-state index contributed by atoms with van der Waals surface area (Å²) in [6.07, 6.45) is 0.892. The van der Waals surface area contributed by atoms with Crippen LogP contribution in [0.25, 0.3) is 0 Å². The Morgan fingerprint density at radius 1 is 1.39 bits per heavy atom. The number of para-hydroxylation sites is 1. The summed E-state index contributed by atoms with van der Waals surface area (Å²) >= 11 is 0. The van der Waals surface area contributed by atoms with Gasteiger partial charge in [-0.1, -0.05) is 25.1 Å². The molecule has 1 rings (SSSR count). The first-order chi connectivity index (χ1) is 8.60. The molecule has 18 heavy (non-hydrogen) atoms. The van der Waals surface area contributed by atoms with E-state index in [0.29, 0.717) is 12.2 Å². The average molecular weight is 251 g/mol. The molecule has 0 aliphatic heterocycles. The van der Waals surface area contributed by atoms with Crippen LogP contribution >= 0.6 is 0 Å². The first-order valence-electron chi connectivity index (χ1n) is 6.30. The van der Waals surface area contributed by atoms with Gasteiger partial charge in [0.1, 0.15) is 11.8 Å². The minimum absolute atomic E-state index is 0.103. The van der Waals surface area contributed by atoms with E-state index in [9.17, 15) is 9.90 Å². The van der Waals surface area contributed by atoms with Gasteiger partial charge in [0.2, 0.25) is 0 Å². The molecule has 2 unspecified atom stereocenters. The maximum Gasteiger partial charge on any atom is 0.327 e. The molecule has 0 spiro atoms. The number of hydrogen-bond donors (Lipinski definition) is 2. The molecule has 2 N–H and O–H groups in total. The topological polar surface area (TPSA) is 58.6 Å². The lowest BCUT2D eigenvalue weighted by Crippen LogP contribution is -2.36. The second kappa shape index (κ2) is 7.01. The standard InChI is InChI=1S/C14H21NO3/c1-4-10(3)15-13(14(17)18-5-2)11-8-6-7-9-12(11)16/h6-10,13,15-16H,4-5H2,1-3H3. The molecule has 0 amide bonds. The number of carbonyl (C=O) groups excluding carboxylic acids is 1.